The lowest BCUT2D eigenvalue weighted by Crippen LogP contribution is -2.22. The van der Waals surface area contributed by atoms with Gasteiger partial charge in [-0.2, -0.15) is 4.99 Å². The molecule has 0 fully saturated rings. The topological polar surface area (TPSA) is 104 Å². The van der Waals surface area contributed by atoms with E-state index in [0.29, 0.717) is 16.1 Å². The first-order valence-electron chi connectivity index (χ1n) is 8.11. The molecule has 0 saturated carbocycles. The van der Waals surface area contributed by atoms with Crippen LogP contribution in [0.15, 0.2) is 35.3 Å². The molecule has 0 atom stereocenters. The molecule has 0 radical (unpaired) electrons. The highest BCUT2D eigenvalue weighted by atomic mass is 35.5. The molecule has 3 aromatic rings. The van der Waals surface area contributed by atoms with Crippen molar-refractivity contribution in [2.24, 2.45) is 4.99 Å². The van der Waals surface area contributed by atoms with Gasteiger partial charge in [0.2, 0.25) is 0 Å². The van der Waals surface area contributed by atoms with E-state index >= 15 is 0 Å². The number of hydrogen-bond acceptors (Lipinski definition) is 6. The number of nitro groups is 1. The molecule has 0 aliphatic heterocycles. The monoisotopic (exact) mass is 453 g/mol. The molecule has 8 nitrogen and oxygen atoms in total. The molecular weight excluding hydrogens is 441 g/mol. The zero-order valence-corrected chi connectivity index (χ0v) is 17.5. The number of carbonyl (C=O) groups is 2. The summed E-state index contributed by atoms with van der Waals surface area (Å²) in [6.45, 7) is 1.60. The summed E-state index contributed by atoms with van der Waals surface area (Å²) in [5.74, 6) is -1.31. The number of hydrogen-bond donors (Lipinski definition) is 0. The Morgan fingerprint density at radius 3 is 2.59 bits per heavy atom. The summed E-state index contributed by atoms with van der Waals surface area (Å²) in [6, 6.07) is 6.99. The Hall–Kier alpha value is -2.75. The van der Waals surface area contributed by atoms with Gasteiger partial charge in [-0.15, -0.1) is 0 Å². The number of non-ortho nitro benzene ring substituents is 1. The Bertz CT molecular complexity index is 1230. The first-order valence-corrected chi connectivity index (χ1v) is 9.68. The molecule has 0 N–H and O–H groups in total. The molecule has 0 bridgehead atoms. The number of esters is 1. The highest BCUT2D eigenvalue weighted by molar-refractivity contribution is 7.16. The van der Waals surface area contributed by atoms with Crippen molar-refractivity contribution in [2.45, 2.75) is 13.5 Å². The minimum atomic E-state index is -0.771. The number of rotatable bonds is 4. The predicted molar refractivity (Wildman–Crippen MR) is 110 cm³/mol. The van der Waals surface area contributed by atoms with Crippen LogP contribution in [0, 0.1) is 17.0 Å². The summed E-state index contributed by atoms with van der Waals surface area (Å²) in [6.07, 6.45) is 0. The van der Waals surface area contributed by atoms with Gasteiger partial charge in [0, 0.05) is 17.2 Å². The fourth-order valence-electron chi connectivity index (χ4n) is 2.68. The van der Waals surface area contributed by atoms with E-state index in [2.05, 4.69) is 4.99 Å². The number of amides is 1. The van der Waals surface area contributed by atoms with Gasteiger partial charge in [0.15, 0.2) is 4.80 Å². The van der Waals surface area contributed by atoms with Crippen molar-refractivity contribution in [1.29, 1.82) is 0 Å². The van der Waals surface area contributed by atoms with E-state index in [1.165, 1.54) is 35.1 Å². The normalized spacial score (nSPS) is 11.7. The van der Waals surface area contributed by atoms with Crippen LogP contribution in [0.4, 0.5) is 5.69 Å². The van der Waals surface area contributed by atoms with Gasteiger partial charge in [0.1, 0.15) is 6.54 Å². The van der Waals surface area contributed by atoms with E-state index < -0.39 is 16.8 Å². The largest absolute Gasteiger partial charge is 0.468 e. The van der Waals surface area contributed by atoms with Crippen molar-refractivity contribution < 1.29 is 19.2 Å². The zero-order chi connectivity index (χ0) is 21.3. The number of aryl methyl sites for hydroxylation is 1. The Balaban J connectivity index is 2.22. The van der Waals surface area contributed by atoms with Crippen LogP contribution in [-0.2, 0) is 16.1 Å². The van der Waals surface area contributed by atoms with Crippen molar-refractivity contribution in [3.05, 3.63) is 66.4 Å². The van der Waals surface area contributed by atoms with Crippen molar-refractivity contribution in [2.75, 3.05) is 7.11 Å². The summed E-state index contributed by atoms with van der Waals surface area (Å²) in [5, 5.41) is 11.5. The Labute approximate surface area is 178 Å². The van der Waals surface area contributed by atoms with Crippen molar-refractivity contribution in [3.63, 3.8) is 0 Å². The molecule has 0 unspecified atom stereocenters. The van der Waals surface area contributed by atoms with Gasteiger partial charge >= 0.3 is 5.97 Å². The third kappa shape index (κ3) is 4.16. The number of thiazole rings is 1. The lowest BCUT2D eigenvalue weighted by atomic mass is 10.2. The summed E-state index contributed by atoms with van der Waals surface area (Å²) >= 11 is 13.4. The van der Waals surface area contributed by atoms with E-state index in [-0.39, 0.29) is 27.6 Å². The third-order valence-electron chi connectivity index (χ3n) is 4.13. The number of nitro benzene ring substituents is 1. The van der Waals surface area contributed by atoms with E-state index in [9.17, 15) is 19.7 Å². The van der Waals surface area contributed by atoms with Crippen molar-refractivity contribution in [3.8, 4) is 0 Å². The Kier molecular flexibility index (Phi) is 6.02. The quantitative estimate of drug-likeness (QED) is 0.335. The summed E-state index contributed by atoms with van der Waals surface area (Å²) in [4.78, 5) is 39.3. The van der Waals surface area contributed by atoms with Crippen LogP contribution >= 0.6 is 34.5 Å². The average Bonchev–Trinajstić information content (AvgIpc) is 3.02. The van der Waals surface area contributed by atoms with Crippen LogP contribution in [-0.4, -0.2) is 28.5 Å². The lowest BCUT2D eigenvalue weighted by Gasteiger charge is -2.07. The molecule has 2 aromatic carbocycles. The Morgan fingerprint density at radius 1 is 1.24 bits per heavy atom. The highest BCUT2D eigenvalue weighted by Crippen LogP contribution is 2.28. The average molecular weight is 454 g/mol. The fourth-order valence-corrected chi connectivity index (χ4v) is 4.12. The lowest BCUT2D eigenvalue weighted by molar-refractivity contribution is -0.384. The van der Waals surface area contributed by atoms with E-state index in [0.717, 1.165) is 10.8 Å². The van der Waals surface area contributed by atoms with Gasteiger partial charge in [0.25, 0.3) is 11.6 Å². The molecule has 150 valence electrons. The maximum atomic E-state index is 12.7. The molecule has 0 aliphatic carbocycles. The first kappa shape index (κ1) is 21.0. The molecule has 29 heavy (non-hydrogen) atoms. The second-order valence-corrected chi connectivity index (χ2v) is 7.73. The minimum absolute atomic E-state index is 0.0317. The molecule has 1 amide bonds. The van der Waals surface area contributed by atoms with Crippen LogP contribution < -0.4 is 4.80 Å². The smallest absolute Gasteiger partial charge is 0.325 e. The number of ether oxygens (including phenoxy) is 1. The van der Waals surface area contributed by atoms with Gasteiger partial charge in [0.05, 0.1) is 32.8 Å². The van der Waals surface area contributed by atoms with Crippen LogP contribution in [0.1, 0.15) is 15.9 Å². The number of methoxy groups -OCH3 is 1. The van der Waals surface area contributed by atoms with Gasteiger partial charge in [-0.1, -0.05) is 34.5 Å². The fraction of sp³-hybridized carbons (Fsp3) is 0.167. The number of benzene rings is 2. The molecule has 0 spiro atoms. The molecule has 11 heteroatoms. The third-order valence-corrected chi connectivity index (χ3v) is 5.92. The summed E-state index contributed by atoms with van der Waals surface area (Å²) < 4.78 is 7.02. The minimum Gasteiger partial charge on any atom is -0.468 e. The van der Waals surface area contributed by atoms with Crippen LogP contribution in [0.2, 0.25) is 10.0 Å². The summed E-state index contributed by atoms with van der Waals surface area (Å²) in [5.41, 5.74) is 0.961. The van der Waals surface area contributed by atoms with Crippen LogP contribution in [0.3, 0.4) is 0 Å². The number of aromatic nitrogens is 1. The second kappa shape index (κ2) is 8.32. The molecule has 0 saturated heterocycles. The molecule has 1 aromatic heterocycles. The van der Waals surface area contributed by atoms with E-state index in [1.54, 1.807) is 19.1 Å². The van der Waals surface area contributed by atoms with Gasteiger partial charge in [-0.3, -0.25) is 19.7 Å². The second-order valence-electron chi connectivity index (χ2n) is 5.90. The number of halogens is 2. The maximum Gasteiger partial charge on any atom is 0.325 e. The maximum absolute atomic E-state index is 12.7. The Morgan fingerprint density at radius 2 is 1.93 bits per heavy atom. The zero-order valence-electron chi connectivity index (χ0n) is 15.1. The standard InChI is InChI=1S/C18H13Cl2N3O5S/c1-9-12(19)5-6-14-16(9)22(8-15(24)28-2)18(29-14)21-17(25)11-7-10(23(26)27)3-4-13(11)20/h3-7H,8H2,1-2H3. The van der Waals surface area contributed by atoms with Gasteiger partial charge in [-0.25, -0.2) is 0 Å². The van der Waals surface area contributed by atoms with E-state index in [1.807, 2.05) is 0 Å². The van der Waals surface area contributed by atoms with Crippen LogP contribution in [0.25, 0.3) is 10.2 Å². The number of fused-ring (bicyclic) bond motifs is 1. The highest BCUT2D eigenvalue weighted by Gasteiger charge is 2.18. The van der Waals surface area contributed by atoms with Crippen molar-refractivity contribution >= 4 is 62.3 Å². The molecule has 0 aliphatic rings. The number of nitrogens with zero attached hydrogens (tertiary/aromatic N) is 3. The molecule has 3 rings (SSSR count). The van der Waals surface area contributed by atoms with Gasteiger partial charge in [-0.05, 0) is 30.7 Å². The van der Waals surface area contributed by atoms with Crippen molar-refractivity contribution in [1.82, 2.24) is 4.57 Å². The molecule has 1 heterocycles. The first-order chi connectivity index (χ1) is 13.7. The number of carbonyl (C=O) groups excluding carboxylic acids is 2. The van der Waals surface area contributed by atoms with Crippen LogP contribution in [0.5, 0.6) is 0 Å². The van der Waals surface area contributed by atoms with Gasteiger partial charge < -0.3 is 9.30 Å². The summed E-state index contributed by atoms with van der Waals surface area (Å²) in [7, 11) is 1.25. The molecular formula is C18H13Cl2N3O5S. The van der Waals surface area contributed by atoms with E-state index in [4.69, 9.17) is 27.9 Å². The SMILES string of the molecule is COC(=O)Cn1c(=NC(=O)c2cc([N+](=O)[O-])ccc2Cl)sc2ccc(Cl)c(C)c21. The predicted octanol–water partition coefficient (Wildman–Crippen LogP) is 4.14.